The summed E-state index contributed by atoms with van der Waals surface area (Å²) >= 11 is 1.66. The summed E-state index contributed by atoms with van der Waals surface area (Å²) in [6.07, 6.45) is 5.68. The Kier molecular flexibility index (Phi) is 4.47. The molecular weight excluding hydrogens is 296 g/mol. The second-order valence-electron chi connectivity index (χ2n) is 5.59. The van der Waals surface area contributed by atoms with Crippen molar-refractivity contribution in [2.75, 3.05) is 31.1 Å². The Morgan fingerprint density at radius 1 is 1.32 bits per heavy atom. The lowest BCUT2D eigenvalue weighted by Gasteiger charge is -2.22. The molecule has 0 radical (unpaired) electrons. The molecule has 1 aliphatic rings. The molecule has 0 aromatic carbocycles. The van der Waals surface area contributed by atoms with Crippen molar-refractivity contribution in [1.29, 1.82) is 0 Å². The Morgan fingerprint density at radius 2 is 2.18 bits per heavy atom. The van der Waals surface area contributed by atoms with E-state index < -0.39 is 0 Å². The molecule has 5 nitrogen and oxygen atoms in total. The summed E-state index contributed by atoms with van der Waals surface area (Å²) in [5.41, 5.74) is 1.97. The van der Waals surface area contributed by atoms with Crippen LogP contribution < -0.4 is 4.90 Å². The van der Waals surface area contributed by atoms with Gasteiger partial charge in [0.05, 0.1) is 5.56 Å². The molecule has 0 bridgehead atoms. The fourth-order valence-electron chi connectivity index (χ4n) is 3.05. The second kappa shape index (κ2) is 6.52. The van der Waals surface area contributed by atoms with Crippen LogP contribution in [0.25, 0.3) is 0 Å². The number of anilines is 1. The summed E-state index contributed by atoms with van der Waals surface area (Å²) in [5, 5.41) is 3.06. The Labute approximate surface area is 135 Å². The molecule has 0 saturated carbocycles. The quantitative estimate of drug-likeness (QED) is 0.872. The maximum absolute atomic E-state index is 12.8. The lowest BCUT2D eigenvalue weighted by atomic mass is 10.1. The molecule has 0 N–H and O–H groups in total. The summed E-state index contributed by atoms with van der Waals surface area (Å²) in [5.74, 6) is 0.165. The smallest absolute Gasteiger partial charge is 0.255 e. The fourth-order valence-corrected chi connectivity index (χ4v) is 3.75. The Balaban J connectivity index is 1.71. The molecule has 22 heavy (non-hydrogen) atoms. The van der Waals surface area contributed by atoms with E-state index in [1.807, 2.05) is 40.4 Å². The van der Waals surface area contributed by atoms with Crippen LogP contribution in [0.2, 0.25) is 0 Å². The number of aryl methyl sites for hydroxylation is 1. The molecule has 1 amide bonds. The maximum atomic E-state index is 12.8. The van der Waals surface area contributed by atoms with Gasteiger partial charge in [0, 0.05) is 56.7 Å². The van der Waals surface area contributed by atoms with E-state index in [2.05, 4.69) is 16.8 Å². The third kappa shape index (κ3) is 2.88. The zero-order chi connectivity index (χ0) is 15.5. The molecule has 0 spiro atoms. The van der Waals surface area contributed by atoms with Crippen molar-refractivity contribution in [2.45, 2.75) is 19.8 Å². The summed E-state index contributed by atoms with van der Waals surface area (Å²) < 4.78 is 2.05. The van der Waals surface area contributed by atoms with Gasteiger partial charge in [0.25, 0.3) is 5.91 Å². The number of nitrogens with zero attached hydrogens (tertiary/aromatic N) is 4. The molecule has 1 fully saturated rings. The molecule has 0 aliphatic carbocycles. The third-order valence-corrected chi connectivity index (χ3v) is 5.07. The number of thiazole rings is 1. The molecule has 118 valence electrons. The fraction of sp³-hybridized carbons (Fsp3) is 0.500. The third-order valence-electron chi connectivity index (χ3n) is 4.24. The van der Waals surface area contributed by atoms with Crippen LogP contribution in [0.3, 0.4) is 0 Å². The molecule has 0 atom stereocenters. The van der Waals surface area contributed by atoms with Crippen LogP contribution in [-0.4, -0.2) is 46.5 Å². The number of carbonyl (C=O) groups is 1. The minimum atomic E-state index is 0.165. The summed E-state index contributed by atoms with van der Waals surface area (Å²) in [7, 11) is 2.00. The molecule has 0 unspecified atom stereocenters. The van der Waals surface area contributed by atoms with Crippen LogP contribution in [0.4, 0.5) is 5.13 Å². The monoisotopic (exact) mass is 318 g/mol. The zero-order valence-electron chi connectivity index (χ0n) is 13.2. The highest BCUT2D eigenvalue weighted by Crippen LogP contribution is 2.20. The minimum absolute atomic E-state index is 0.165. The number of hydrogen-bond acceptors (Lipinski definition) is 4. The van der Waals surface area contributed by atoms with Gasteiger partial charge in [-0.25, -0.2) is 4.98 Å². The predicted molar refractivity (Wildman–Crippen MR) is 89.6 cm³/mol. The highest BCUT2D eigenvalue weighted by Gasteiger charge is 2.23. The van der Waals surface area contributed by atoms with Crippen LogP contribution in [0.5, 0.6) is 0 Å². The van der Waals surface area contributed by atoms with Gasteiger partial charge < -0.3 is 14.4 Å². The first-order chi connectivity index (χ1) is 10.7. The lowest BCUT2D eigenvalue weighted by molar-refractivity contribution is 0.0766. The number of carbonyl (C=O) groups excluding carboxylic acids is 1. The molecule has 6 heteroatoms. The molecule has 3 heterocycles. The molecule has 3 rings (SSSR count). The van der Waals surface area contributed by atoms with E-state index >= 15 is 0 Å². The summed E-state index contributed by atoms with van der Waals surface area (Å²) in [4.78, 5) is 21.5. The van der Waals surface area contributed by atoms with Crippen LogP contribution in [0, 0.1) is 0 Å². The molecular formula is C16H22N4OS. The average Bonchev–Trinajstić information content (AvgIpc) is 3.11. The molecule has 2 aromatic rings. The van der Waals surface area contributed by atoms with Crippen molar-refractivity contribution < 1.29 is 4.79 Å². The largest absolute Gasteiger partial charge is 0.354 e. The number of amides is 1. The van der Waals surface area contributed by atoms with Crippen LogP contribution >= 0.6 is 11.3 Å². The lowest BCUT2D eigenvalue weighted by Crippen LogP contribution is -2.35. The first-order valence-corrected chi connectivity index (χ1v) is 8.66. The van der Waals surface area contributed by atoms with Gasteiger partial charge in [0.2, 0.25) is 0 Å². The van der Waals surface area contributed by atoms with Gasteiger partial charge >= 0.3 is 0 Å². The van der Waals surface area contributed by atoms with E-state index in [1.54, 1.807) is 11.3 Å². The second-order valence-corrected chi connectivity index (χ2v) is 6.46. The first-order valence-electron chi connectivity index (χ1n) is 7.78. The van der Waals surface area contributed by atoms with Crippen molar-refractivity contribution >= 4 is 22.4 Å². The summed E-state index contributed by atoms with van der Waals surface area (Å²) in [6.45, 7) is 5.49. The van der Waals surface area contributed by atoms with Gasteiger partial charge in [-0.1, -0.05) is 6.92 Å². The highest BCUT2D eigenvalue weighted by atomic mass is 32.1. The van der Waals surface area contributed by atoms with Gasteiger partial charge in [-0.15, -0.1) is 11.3 Å². The van der Waals surface area contributed by atoms with Crippen molar-refractivity contribution in [1.82, 2.24) is 14.5 Å². The van der Waals surface area contributed by atoms with E-state index in [4.69, 9.17) is 0 Å². The predicted octanol–water partition coefficient (Wildman–Crippen LogP) is 2.40. The Hall–Kier alpha value is -1.82. The molecule has 1 saturated heterocycles. The maximum Gasteiger partial charge on any atom is 0.255 e. The van der Waals surface area contributed by atoms with Gasteiger partial charge in [0.15, 0.2) is 5.13 Å². The normalized spacial score (nSPS) is 15.9. The average molecular weight is 318 g/mol. The Morgan fingerprint density at radius 3 is 2.91 bits per heavy atom. The standard InChI is InChI=1S/C16H22N4OS/c1-3-14-13(5-9-18(14)2)15(21)19-7-4-8-20(11-10-19)16-17-6-12-22-16/h5-6,9,12H,3-4,7-8,10-11H2,1-2H3. The number of aromatic nitrogens is 2. The van der Waals surface area contributed by atoms with Crippen LogP contribution in [0.15, 0.2) is 23.8 Å². The topological polar surface area (TPSA) is 41.4 Å². The van der Waals surface area contributed by atoms with Crippen molar-refractivity contribution in [3.63, 3.8) is 0 Å². The van der Waals surface area contributed by atoms with E-state index in [1.165, 1.54) is 0 Å². The van der Waals surface area contributed by atoms with Crippen molar-refractivity contribution in [2.24, 2.45) is 7.05 Å². The van der Waals surface area contributed by atoms with Crippen LogP contribution in [-0.2, 0) is 13.5 Å². The van der Waals surface area contributed by atoms with Gasteiger partial charge in [-0.2, -0.15) is 0 Å². The van der Waals surface area contributed by atoms with Gasteiger partial charge in [-0.3, -0.25) is 4.79 Å². The minimum Gasteiger partial charge on any atom is -0.354 e. The van der Waals surface area contributed by atoms with E-state index in [0.29, 0.717) is 0 Å². The number of hydrogen-bond donors (Lipinski definition) is 0. The zero-order valence-corrected chi connectivity index (χ0v) is 14.0. The Bertz CT molecular complexity index is 635. The number of rotatable bonds is 3. The SMILES string of the molecule is CCc1c(C(=O)N2CCCN(c3nccs3)CC2)ccn1C. The first kappa shape index (κ1) is 15.1. The highest BCUT2D eigenvalue weighted by molar-refractivity contribution is 7.13. The van der Waals surface area contributed by atoms with Crippen molar-refractivity contribution in [3.05, 3.63) is 35.1 Å². The van der Waals surface area contributed by atoms with E-state index in [-0.39, 0.29) is 5.91 Å². The van der Waals surface area contributed by atoms with Gasteiger partial charge in [0.1, 0.15) is 0 Å². The van der Waals surface area contributed by atoms with Gasteiger partial charge in [-0.05, 0) is 18.9 Å². The van der Waals surface area contributed by atoms with E-state index in [9.17, 15) is 4.79 Å². The van der Waals surface area contributed by atoms with Crippen LogP contribution in [0.1, 0.15) is 29.4 Å². The van der Waals surface area contributed by atoms with E-state index in [0.717, 1.165) is 55.4 Å². The summed E-state index contributed by atoms with van der Waals surface area (Å²) in [6, 6.07) is 1.95. The molecule has 1 aliphatic heterocycles. The van der Waals surface area contributed by atoms with Crippen molar-refractivity contribution in [3.8, 4) is 0 Å². The molecule has 2 aromatic heterocycles.